The van der Waals surface area contributed by atoms with Gasteiger partial charge in [-0.15, -0.1) is 0 Å². The molecule has 1 aromatic carbocycles. The van der Waals surface area contributed by atoms with E-state index in [4.69, 9.17) is 4.74 Å². The molecule has 0 aliphatic carbocycles. The molecule has 2 heterocycles. The van der Waals surface area contributed by atoms with Crippen LogP contribution in [0.2, 0.25) is 0 Å². The lowest BCUT2D eigenvalue weighted by Crippen LogP contribution is -2.04. The van der Waals surface area contributed by atoms with Gasteiger partial charge in [0.1, 0.15) is 5.75 Å². The first kappa shape index (κ1) is 4.68. The zero-order valence-corrected chi connectivity index (χ0v) is 4.92. The summed E-state index contributed by atoms with van der Waals surface area (Å²) < 4.78 is 5.20. The highest BCUT2D eigenvalue weighted by molar-refractivity contribution is 5.47. The Bertz CT molecular complexity index is 182. The minimum Gasteiger partial charge on any atom is -0.473 e. The molecule has 2 bridgehead atoms. The van der Waals surface area contributed by atoms with Crippen molar-refractivity contribution in [1.82, 2.24) is 0 Å². The van der Waals surface area contributed by atoms with Gasteiger partial charge in [0.25, 0.3) is 0 Å². The van der Waals surface area contributed by atoms with Crippen molar-refractivity contribution in [2.24, 2.45) is 0 Å². The van der Waals surface area contributed by atoms with E-state index in [-0.39, 0.29) is 0 Å². The van der Waals surface area contributed by atoms with Crippen LogP contribution in [-0.4, -0.2) is 6.73 Å². The molecule has 0 amide bonds. The summed E-state index contributed by atoms with van der Waals surface area (Å²) >= 11 is 0. The second kappa shape index (κ2) is 1.65. The number of hydrogen-bond donors (Lipinski definition) is 1. The third-order valence-electron chi connectivity index (χ3n) is 1.37. The van der Waals surface area contributed by atoms with Crippen molar-refractivity contribution < 1.29 is 4.74 Å². The van der Waals surface area contributed by atoms with Gasteiger partial charge in [0.15, 0.2) is 6.73 Å². The van der Waals surface area contributed by atoms with Crippen LogP contribution in [0.15, 0.2) is 24.3 Å². The summed E-state index contributed by atoms with van der Waals surface area (Å²) in [6, 6.07) is 7.91. The highest BCUT2D eigenvalue weighted by Gasteiger charge is 1.98. The molecule has 1 aromatic rings. The third-order valence-corrected chi connectivity index (χ3v) is 1.37. The van der Waals surface area contributed by atoms with Crippen LogP contribution in [0.5, 0.6) is 5.75 Å². The lowest BCUT2D eigenvalue weighted by atomic mass is 10.3. The first-order valence-corrected chi connectivity index (χ1v) is 2.92. The van der Waals surface area contributed by atoms with Crippen molar-refractivity contribution >= 4 is 5.69 Å². The standard InChI is InChI=1S/C7H7NO/c1-3-7-4-2-6(1)8-5-9-7/h1-4,8H,5H2. The van der Waals surface area contributed by atoms with Crippen molar-refractivity contribution in [3.05, 3.63) is 24.3 Å². The maximum Gasteiger partial charge on any atom is 0.159 e. The van der Waals surface area contributed by atoms with E-state index >= 15 is 0 Å². The zero-order valence-electron chi connectivity index (χ0n) is 4.92. The van der Waals surface area contributed by atoms with Crippen LogP contribution in [0.25, 0.3) is 0 Å². The summed E-state index contributed by atoms with van der Waals surface area (Å²) in [5.74, 6) is 0.934. The van der Waals surface area contributed by atoms with E-state index in [0.717, 1.165) is 11.4 Å². The predicted octanol–water partition coefficient (Wildman–Crippen LogP) is 1.45. The minimum atomic E-state index is 0.588. The van der Waals surface area contributed by atoms with Crippen LogP contribution in [0, 0.1) is 0 Å². The molecule has 0 aromatic heterocycles. The van der Waals surface area contributed by atoms with Crippen LogP contribution in [-0.2, 0) is 0 Å². The molecule has 2 aliphatic heterocycles. The van der Waals surface area contributed by atoms with E-state index in [9.17, 15) is 0 Å². The normalized spacial score (nSPS) is 13.8. The highest BCUT2D eigenvalue weighted by Crippen LogP contribution is 2.18. The largest absolute Gasteiger partial charge is 0.473 e. The Morgan fingerprint density at radius 3 is 2.78 bits per heavy atom. The molecule has 46 valence electrons. The van der Waals surface area contributed by atoms with E-state index in [1.54, 1.807) is 0 Å². The molecule has 0 fully saturated rings. The van der Waals surface area contributed by atoms with E-state index in [1.807, 2.05) is 24.3 Å². The molecule has 9 heavy (non-hydrogen) atoms. The Hall–Kier alpha value is -1.18. The Labute approximate surface area is 53.5 Å². The first-order valence-electron chi connectivity index (χ1n) is 2.92. The molecule has 0 unspecified atom stereocenters. The van der Waals surface area contributed by atoms with Crippen molar-refractivity contribution in [1.29, 1.82) is 0 Å². The van der Waals surface area contributed by atoms with Gasteiger partial charge in [-0.3, -0.25) is 0 Å². The predicted molar refractivity (Wildman–Crippen MR) is 35.6 cm³/mol. The second-order valence-electron chi connectivity index (χ2n) is 1.99. The molecule has 2 nitrogen and oxygen atoms in total. The summed E-state index contributed by atoms with van der Waals surface area (Å²) in [4.78, 5) is 0. The van der Waals surface area contributed by atoms with Crippen molar-refractivity contribution in [3.8, 4) is 5.75 Å². The van der Waals surface area contributed by atoms with Gasteiger partial charge in [0, 0.05) is 5.69 Å². The van der Waals surface area contributed by atoms with Gasteiger partial charge in [0.2, 0.25) is 0 Å². The number of nitrogens with one attached hydrogen (secondary N) is 1. The summed E-state index contributed by atoms with van der Waals surface area (Å²) in [6.07, 6.45) is 0. The number of ether oxygens (including phenoxy) is 1. The quantitative estimate of drug-likeness (QED) is 0.561. The lowest BCUT2D eigenvalue weighted by Gasteiger charge is -1.98. The van der Waals surface area contributed by atoms with Gasteiger partial charge in [-0.1, -0.05) is 0 Å². The second-order valence-corrected chi connectivity index (χ2v) is 1.99. The first-order chi connectivity index (χ1) is 4.45. The van der Waals surface area contributed by atoms with Gasteiger partial charge in [-0.2, -0.15) is 0 Å². The topological polar surface area (TPSA) is 21.3 Å². The lowest BCUT2D eigenvalue weighted by molar-refractivity contribution is 0.351. The van der Waals surface area contributed by atoms with Crippen molar-refractivity contribution in [2.75, 3.05) is 12.0 Å². The van der Waals surface area contributed by atoms with Crippen LogP contribution >= 0.6 is 0 Å². The van der Waals surface area contributed by atoms with Gasteiger partial charge >= 0.3 is 0 Å². The van der Waals surface area contributed by atoms with Gasteiger partial charge in [0.05, 0.1) is 0 Å². The Morgan fingerprint density at radius 2 is 2.00 bits per heavy atom. The maximum atomic E-state index is 5.20. The fourth-order valence-electron chi connectivity index (χ4n) is 0.872. The van der Waals surface area contributed by atoms with Crippen LogP contribution in [0.1, 0.15) is 0 Å². The van der Waals surface area contributed by atoms with E-state index in [0.29, 0.717) is 6.73 Å². The Morgan fingerprint density at radius 1 is 1.22 bits per heavy atom. The number of anilines is 1. The van der Waals surface area contributed by atoms with Gasteiger partial charge in [-0.05, 0) is 24.3 Å². The minimum absolute atomic E-state index is 0.588. The molecule has 0 spiro atoms. The van der Waals surface area contributed by atoms with Crippen LogP contribution in [0.4, 0.5) is 5.69 Å². The van der Waals surface area contributed by atoms with Crippen LogP contribution < -0.4 is 10.1 Å². The Balaban J connectivity index is 2.53. The molecule has 0 saturated carbocycles. The molecule has 0 atom stereocenters. The molecule has 0 saturated heterocycles. The van der Waals surface area contributed by atoms with Gasteiger partial charge < -0.3 is 10.1 Å². The average molecular weight is 121 g/mol. The van der Waals surface area contributed by atoms with Gasteiger partial charge in [-0.25, -0.2) is 0 Å². The number of benzene rings is 1. The summed E-state index contributed by atoms with van der Waals surface area (Å²) in [5.41, 5.74) is 1.12. The maximum absolute atomic E-state index is 5.20. The van der Waals surface area contributed by atoms with E-state index < -0.39 is 0 Å². The van der Waals surface area contributed by atoms with E-state index in [1.165, 1.54) is 0 Å². The molecule has 2 heteroatoms. The highest BCUT2D eigenvalue weighted by atomic mass is 16.5. The summed E-state index contributed by atoms with van der Waals surface area (Å²) in [5, 5.41) is 3.07. The Kier molecular flexibility index (Phi) is 0.859. The molecular weight excluding hydrogens is 114 g/mol. The molecular formula is C7H7NO. The fourth-order valence-corrected chi connectivity index (χ4v) is 0.872. The average Bonchev–Trinajstić information content (AvgIpc) is 2.21. The number of hydrogen-bond acceptors (Lipinski definition) is 2. The number of rotatable bonds is 0. The summed E-state index contributed by atoms with van der Waals surface area (Å²) in [6.45, 7) is 0.588. The van der Waals surface area contributed by atoms with Crippen LogP contribution in [0.3, 0.4) is 0 Å². The van der Waals surface area contributed by atoms with Crippen molar-refractivity contribution in [2.45, 2.75) is 0 Å². The van der Waals surface area contributed by atoms with E-state index in [2.05, 4.69) is 5.32 Å². The molecule has 2 aliphatic rings. The smallest absolute Gasteiger partial charge is 0.159 e. The molecule has 3 rings (SSSR count). The summed E-state index contributed by atoms with van der Waals surface area (Å²) in [7, 11) is 0. The zero-order chi connectivity index (χ0) is 6.10. The SMILES string of the molecule is c1cc2ccc1NCO2. The monoisotopic (exact) mass is 121 g/mol. The third kappa shape index (κ3) is 0.721. The molecule has 0 radical (unpaired) electrons. The molecule has 1 N–H and O–H groups in total. The number of fused-ring (bicyclic) bond motifs is 4. The van der Waals surface area contributed by atoms with Crippen molar-refractivity contribution in [3.63, 3.8) is 0 Å². The fraction of sp³-hybridized carbons (Fsp3) is 0.143.